The van der Waals surface area contributed by atoms with Crippen LogP contribution in [0.15, 0.2) is 35.8 Å². The number of hydrogen-bond donors (Lipinski definition) is 2. The third-order valence-corrected chi connectivity index (χ3v) is 4.69. The highest BCUT2D eigenvalue weighted by Crippen LogP contribution is 2.21. The third kappa shape index (κ3) is 4.45. The molecule has 0 spiro atoms. The Morgan fingerprint density at radius 3 is 2.88 bits per heavy atom. The number of aromatic nitrogens is 2. The van der Waals surface area contributed by atoms with Gasteiger partial charge in [0.15, 0.2) is 0 Å². The maximum absolute atomic E-state index is 12.1. The van der Waals surface area contributed by atoms with Gasteiger partial charge in [-0.3, -0.25) is 9.59 Å². The molecule has 1 amide bonds. The lowest BCUT2D eigenvalue weighted by Crippen LogP contribution is -2.11. The molecule has 130 valence electrons. The highest BCUT2D eigenvalue weighted by atomic mass is 32.1. The van der Waals surface area contributed by atoms with Crippen molar-refractivity contribution in [2.45, 2.75) is 32.7 Å². The number of carboxylic acid groups (broad SMARTS) is 1. The van der Waals surface area contributed by atoms with Crippen LogP contribution in [-0.2, 0) is 22.6 Å². The molecule has 0 aliphatic carbocycles. The van der Waals surface area contributed by atoms with E-state index in [1.165, 1.54) is 0 Å². The smallest absolute Gasteiger partial charge is 0.323 e. The summed E-state index contributed by atoms with van der Waals surface area (Å²) >= 11 is 1.62. The number of nitrogens with zero attached hydrogens (tertiary/aromatic N) is 2. The molecule has 1 aromatic carbocycles. The number of amides is 1. The minimum atomic E-state index is -0.884. The van der Waals surface area contributed by atoms with Gasteiger partial charge < -0.3 is 15.0 Å². The van der Waals surface area contributed by atoms with Crippen molar-refractivity contribution in [3.63, 3.8) is 0 Å². The molecular formula is C18H19N3O3S. The summed E-state index contributed by atoms with van der Waals surface area (Å²) in [6.45, 7) is 1.89. The number of benzene rings is 1. The summed E-state index contributed by atoms with van der Waals surface area (Å²) in [5.41, 5.74) is 2.59. The molecule has 25 heavy (non-hydrogen) atoms. The number of thiazole rings is 1. The van der Waals surface area contributed by atoms with Crippen molar-refractivity contribution in [2.24, 2.45) is 0 Å². The van der Waals surface area contributed by atoms with Gasteiger partial charge in [-0.05, 0) is 44.0 Å². The third-order valence-electron chi connectivity index (χ3n) is 3.86. The molecule has 0 fully saturated rings. The number of carbonyl (C=O) groups excluding carboxylic acids is 1. The lowest BCUT2D eigenvalue weighted by molar-refractivity contribution is -0.137. The van der Waals surface area contributed by atoms with Gasteiger partial charge in [-0.2, -0.15) is 0 Å². The summed E-state index contributed by atoms with van der Waals surface area (Å²) in [5.74, 6) is -0.915. The van der Waals surface area contributed by atoms with E-state index in [9.17, 15) is 9.59 Å². The Hall–Kier alpha value is -2.67. The van der Waals surface area contributed by atoms with Crippen LogP contribution in [-0.4, -0.2) is 26.5 Å². The highest BCUT2D eigenvalue weighted by Gasteiger charge is 2.08. The first kappa shape index (κ1) is 17.2. The van der Waals surface area contributed by atoms with Crippen LogP contribution < -0.4 is 5.32 Å². The number of rotatable bonds is 7. The summed E-state index contributed by atoms with van der Waals surface area (Å²) < 4.78 is 1.67. The molecule has 0 aliphatic rings. The summed E-state index contributed by atoms with van der Waals surface area (Å²) in [7, 11) is 0. The van der Waals surface area contributed by atoms with Gasteiger partial charge in [0, 0.05) is 34.6 Å². The minimum absolute atomic E-state index is 0.0312. The van der Waals surface area contributed by atoms with Gasteiger partial charge in [-0.15, -0.1) is 11.3 Å². The average Bonchev–Trinajstić information content (AvgIpc) is 3.13. The number of anilines is 1. The summed E-state index contributed by atoms with van der Waals surface area (Å²) in [6, 6.07) is 7.32. The highest BCUT2D eigenvalue weighted by molar-refractivity contribution is 7.09. The Morgan fingerprint density at radius 1 is 1.32 bits per heavy atom. The van der Waals surface area contributed by atoms with E-state index in [0.29, 0.717) is 6.42 Å². The number of carboxylic acids is 1. The van der Waals surface area contributed by atoms with E-state index in [-0.39, 0.29) is 12.5 Å². The maximum atomic E-state index is 12.1. The Labute approximate surface area is 149 Å². The van der Waals surface area contributed by atoms with Crippen molar-refractivity contribution in [3.8, 4) is 0 Å². The number of aryl methyl sites for hydroxylation is 2. The lowest BCUT2D eigenvalue weighted by atomic mass is 10.2. The first-order valence-corrected chi connectivity index (χ1v) is 8.91. The van der Waals surface area contributed by atoms with E-state index >= 15 is 0 Å². The van der Waals surface area contributed by atoms with Gasteiger partial charge in [-0.1, -0.05) is 0 Å². The molecule has 2 N–H and O–H groups in total. The number of aliphatic carboxylic acids is 1. The largest absolute Gasteiger partial charge is 0.480 e. The molecule has 0 aliphatic heterocycles. The fourth-order valence-corrected chi connectivity index (χ4v) is 3.39. The van der Waals surface area contributed by atoms with E-state index in [4.69, 9.17) is 5.11 Å². The predicted molar refractivity (Wildman–Crippen MR) is 98.0 cm³/mol. The molecule has 0 bridgehead atoms. The van der Waals surface area contributed by atoms with Crippen molar-refractivity contribution in [1.29, 1.82) is 0 Å². The molecule has 0 unspecified atom stereocenters. The molecule has 0 saturated carbocycles. The van der Waals surface area contributed by atoms with Crippen LogP contribution in [0.2, 0.25) is 0 Å². The second-order valence-corrected chi connectivity index (χ2v) is 6.93. The molecule has 7 heteroatoms. The van der Waals surface area contributed by atoms with Crippen LogP contribution in [0.25, 0.3) is 10.9 Å². The molecular weight excluding hydrogens is 338 g/mol. The molecule has 2 heterocycles. The maximum Gasteiger partial charge on any atom is 0.323 e. The van der Waals surface area contributed by atoms with Gasteiger partial charge >= 0.3 is 5.97 Å². The van der Waals surface area contributed by atoms with Crippen molar-refractivity contribution >= 4 is 39.8 Å². The molecule has 3 rings (SSSR count). The zero-order valence-electron chi connectivity index (χ0n) is 13.9. The first-order valence-electron chi connectivity index (χ1n) is 8.03. The van der Waals surface area contributed by atoms with Gasteiger partial charge in [0.05, 0.1) is 10.7 Å². The monoisotopic (exact) mass is 357 g/mol. The van der Waals surface area contributed by atoms with Crippen LogP contribution in [0.3, 0.4) is 0 Å². The van der Waals surface area contributed by atoms with E-state index in [1.54, 1.807) is 28.2 Å². The fraction of sp³-hybridized carbons (Fsp3) is 0.278. The Balaban J connectivity index is 1.56. The zero-order valence-corrected chi connectivity index (χ0v) is 14.7. The Morgan fingerprint density at radius 2 is 2.16 bits per heavy atom. The number of fused-ring (bicyclic) bond motifs is 1. The second-order valence-electron chi connectivity index (χ2n) is 5.87. The van der Waals surface area contributed by atoms with Crippen LogP contribution in [0.5, 0.6) is 0 Å². The van der Waals surface area contributed by atoms with Gasteiger partial charge in [0.2, 0.25) is 5.91 Å². The fourth-order valence-electron chi connectivity index (χ4n) is 2.74. The van der Waals surface area contributed by atoms with E-state index < -0.39 is 5.97 Å². The van der Waals surface area contributed by atoms with Gasteiger partial charge in [0.25, 0.3) is 0 Å². The molecule has 3 aromatic rings. The Bertz CT molecular complexity index is 913. The van der Waals surface area contributed by atoms with Crippen LogP contribution >= 0.6 is 11.3 Å². The van der Waals surface area contributed by atoms with Gasteiger partial charge in [-0.25, -0.2) is 4.98 Å². The summed E-state index contributed by atoms with van der Waals surface area (Å²) in [5, 5.41) is 15.8. The van der Waals surface area contributed by atoms with Crippen LogP contribution in [0.1, 0.15) is 23.5 Å². The van der Waals surface area contributed by atoms with Crippen molar-refractivity contribution in [1.82, 2.24) is 9.55 Å². The average molecular weight is 357 g/mol. The Kier molecular flexibility index (Phi) is 5.14. The minimum Gasteiger partial charge on any atom is -0.480 e. The summed E-state index contributed by atoms with van der Waals surface area (Å²) in [4.78, 5) is 27.3. The molecule has 0 saturated heterocycles. The zero-order chi connectivity index (χ0) is 17.8. The van der Waals surface area contributed by atoms with Crippen molar-refractivity contribution < 1.29 is 14.7 Å². The lowest BCUT2D eigenvalue weighted by Gasteiger charge is -2.06. The molecule has 6 nitrogen and oxygen atoms in total. The topological polar surface area (TPSA) is 84.2 Å². The van der Waals surface area contributed by atoms with Crippen LogP contribution in [0, 0.1) is 6.92 Å². The molecule has 0 atom stereocenters. The van der Waals surface area contributed by atoms with Crippen molar-refractivity contribution in [2.75, 3.05) is 5.32 Å². The molecule has 2 aromatic heterocycles. The quantitative estimate of drug-likeness (QED) is 0.678. The number of hydrogen-bond acceptors (Lipinski definition) is 4. The molecule has 0 radical (unpaired) electrons. The SMILES string of the molecule is Cc1nc(CCCC(=O)Nc2ccc3c(ccn3CC(=O)O)c2)cs1. The van der Waals surface area contributed by atoms with Gasteiger partial charge in [0.1, 0.15) is 6.54 Å². The normalized spacial score (nSPS) is 10.9. The van der Waals surface area contributed by atoms with E-state index in [0.717, 1.165) is 40.1 Å². The standard InChI is InChI=1S/C18H19N3O3S/c1-12-19-15(11-25-12)3-2-4-17(22)20-14-5-6-16-13(9-14)7-8-21(16)10-18(23)24/h5-9,11H,2-4,10H2,1H3,(H,20,22)(H,23,24). The van der Waals surface area contributed by atoms with E-state index in [1.807, 2.05) is 30.5 Å². The summed E-state index contributed by atoms with van der Waals surface area (Å²) in [6.07, 6.45) is 3.73. The predicted octanol–water partition coefficient (Wildman–Crippen LogP) is 3.45. The van der Waals surface area contributed by atoms with Crippen LogP contribution in [0.4, 0.5) is 5.69 Å². The van der Waals surface area contributed by atoms with E-state index in [2.05, 4.69) is 10.3 Å². The second kappa shape index (κ2) is 7.48. The van der Waals surface area contributed by atoms with Crippen molar-refractivity contribution in [3.05, 3.63) is 46.5 Å². The number of carbonyl (C=O) groups is 2. The first-order chi connectivity index (χ1) is 12.0. The number of nitrogens with one attached hydrogen (secondary N) is 1.